The molecule has 0 fully saturated rings. The number of rotatable bonds is 5. The highest BCUT2D eigenvalue weighted by molar-refractivity contribution is 5.98. The maximum absolute atomic E-state index is 12.2. The fourth-order valence-electron chi connectivity index (χ4n) is 1.51. The molecule has 21 heavy (non-hydrogen) atoms. The number of hydrogen-bond donors (Lipinski definition) is 2. The molecule has 6 nitrogen and oxygen atoms in total. The minimum Gasteiger partial charge on any atom is -0.464 e. The minimum absolute atomic E-state index is 0.0469. The number of nitrogens with one attached hydrogen (secondary N) is 1. The van der Waals surface area contributed by atoms with Crippen molar-refractivity contribution < 1.29 is 19.4 Å². The van der Waals surface area contributed by atoms with E-state index >= 15 is 0 Å². The summed E-state index contributed by atoms with van der Waals surface area (Å²) < 4.78 is 4.83. The Balaban J connectivity index is 2.83. The molecular weight excluding hydrogens is 272 g/mol. The first-order valence-corrected chi connectivity index (χ1v) is 6.61. The summed E-state index contributed by atoms with van der Waals surface area (Å²) in [5.41, 5.74) is 0.770. The molecule has 0 bridgehead atoms. The Morgan fingerprint density at radius 3 is 2.95 bits per heavy atom. The van der Waals surface area contributed by atoms with Crippen molar-refractivity contribution in [3.8, 4) is 11.8 Å². The lowest BCUT2D eigenvalue weighted by atomic mass is 10.1. The van der Waals surface area contributed by atoms with Gasteiger partial charge in [-0.1, -0.05) is 11.8 Å². The lowest BCUT2D eigenvalue weighted by Gasteiger charge is -2.13. The van der Waals surface area contributed by atoms with Gasteiger partial charge < -0.3 is 15.2 Å². The normalized spacial score (nSPS) is 11.0. The number of amides is 1. The monoisotopic (exact) mass is 290 g/mol. The number of aromatic nitrogens is 1. The number of carbonyl (C=O) groups is 2. The molecule has 0 spiro atoms. The Labute approximate surface area is 123 Å². The molecular formula is C15H18N2O4. The van der Waals surface area contributed by atoms with Crippen LogP contribution in [0.25, 0.3) is 0 Å². The number of aliphatic hydroxyl groups is 1. The second-order valence-corrected chi connectivity index (χ2v) is 4.14. The van der Waals surface area contributed by atoms with Crippen LogP contribution in [-0.2, 0) is 9.53 Å². The fourth-order valence-corrected chi connectivity index (χ4v) is 1.51. The molecule has 6 heteroatoms. The van der Waals surface area contributed by atoms with Crippen LogP contribution in [-0.4, -0.2) is 41.2 Å². The van der Waals surface area contributed by atoms with E-state index in [2.05, 4.69) is 22.1 Å². The summed E-state index contributed by atoms with van der Waals surface area (Å²) in [5.74, 6) is 4.59. The zero-order valence-corrected chi connectivity index (χ0v) is 12.0. The second-order valence-electron chi connectivity index (χ2n) is 4.14. The number of pyridine rings is 1. The summed E-state index contributed by atoms with van der Waals surface area (Å²) in [6, 6.07) is 0.778. The molecule has 1 amide bonds. The zero-order valence-electron chi connectivity index (χ0n) is 12.0. The molecule has 1 atom stereocenters. The zero-order chi connectivity index (χ0) is 15.7. The molecule has 0 aliphatic carbocycles. The van der Waals surface area contributed by atoms with Crippen LogP contribution in [0.3, 0.4) is 0 Å². The van der Waals surface area contributed by atoms with Gasteiger partial charge in [-0.05, 0) is 19.9 Å². The summed E-state index contributed by atoms with van der Waals surface area (Å²) in [4.78, 5) is 27.6. The Morgan fingerprint density at radius 2 is 2.29 bits per heavy atom. The third-order valence-corrected chi connectivity index (χ3v) is 2.51. The van der Waals surface area contributed by atoms with Crippen LogP contribution in [0, 0.1) is 11.8 Å². The van der Waals surface area contributed by atoms with Crippen molar-refractivity contribution in [2.75, 3.05) is 13.2 Å². The molecule has 0 saturated carbocycles. The number of esters is 1. The molecule has 1 heterocycles. The van der Waals surface area contributed by atoms with Gasteiger partial charge in [-0.25, -0.2) is 4.79 Å². The lowest BCUT2D eigenvalue weighted by molar-refractivity contribution is -0.144. The molecule has 1 unspecified atom stereocenters. The van der Waals surface area contributed by atoms with E-state index in [0.29, 0.717) is 17.5 Å². The summed E-state index contributed by atoms with van der Waals surface area (Å²) in [5, 5.41) is 11.3. The van der Waals surface area contributed by atoms with E-state index in [1.165, 1.54) is 18.5 Å². The summed E-state index contributed by atoms with van der Waals surface area (Å²) in [6.07, 6.45) is 3.25. The van der Waals surface area contributed by atoms with Gasteiger partial charge in [0.1, 0.15) is 6.04 Å². The molecule has 0 saturated heterocycles. The molecule has 0 aromatic carbocycles. The molecule has 0 aliphatic heterocycles. The topological polar surface area (TPSA) is 88.5 Å². The van der Waals surface area contributed by atoms with E-state index < -0.39 is 17.9 Å². The predicted octanol–water partition coefficient (Wildman–Crippen LogP) is 0.497. The number of carbonyl (C=O) groups excluding carboxylic acids is 2. The lowest BCUT2D eigenvalue weighted by Crippen LogP contribution is -2.39. The summed E-state index contributed by atoms with van der Waals surface area (Å²) in [6.45, 7) is 3.46. The number of hydrogen-bond acceptors (Lipinski definition) is 5. The van der Waals surface area contributed by atoms with E-state index in [9.17, 15) is 9.59 Å². The van der Waals surface area contributed by atoms with Crippen molar-refractivity contribution in [1.29, 1.82) is 0 Å². The predicted molar refractivity (Wildman–Crippen MR) is 76.4 cm³/mol. The smallest absolute Gasteiger partial charge is 0.328 e. The molecule has 112 valence electrons. The molecule has 2 N–H and O–H groups in total. The number of aliphatic hydroxyl groups excluding tert-OH is 1. The quantitative estimate of drug-likeness (QED) is 0.609. The van der Waals surface area contributed by atoms with Gasteiger partial charge in [0.2, 0.25) is 0 Å². The SMILES string of the molecule is CCOC(=O)C(C)NC(=O)c1ccncc1C#CCCO. The van der Waals surface area contributed by atoms with Crippen LogP contribution in [0.15, 0.2) is 18.5 Å². The average Bonchev–Trinajstić information content (AvgIpc) is 2.48. The third-order valence-electron chi connectivity index (χ3n) is 2.51. The van der Waals surface area contributed by atoms with Crippen LogP contribution >= 0.6 is 0 Å². The first-order valence-electron chi connectivity index (χ1n) is 6.61. The molecule has 1 aromatic rings. The van der Waals surface area contributed by atoms with Crippen LogP contribution in [0.4, 0.5) is 0 Å². The first-order chi connectivity index (χ1) is 10.1. The van der Waals surface area contributed by atoms with Gasteiger partial charge in [0.05, 0.1) is 24.3 Å². The van der Waals surface area contributed by atoms with E-state index in [-0.39, 0.29) is 13.2 Å². The van der Waals surface area contributed by atoms with E-state index in [1.807, 2.05) is 0 Å². The van der Waals surface area contributed by atoms with E-state index in [1.54, 1.807) is 13.8 Å². The van der Waals surface area contributed by atoms with Crippen molar-refractivity contribution in [3.63, 3.8) is 0 Å². The van der Waals surface area contributed by atoms with E-state index in [4.69, 9.17) is 9.84 Å². The summed E-state index contributed by atoms with van der Waals surface area (Å²) in [7, 11) is 0. The van der Waals surface area contributed by atoms with Crippen molar-refractivity contribution in [2.45, 2.75) is 26.3 Å². The second kappa shape index (κ2) is 8.72. The fraction of sp³-hybridized carbons (Fsp3) is 0.400. The molecule has 0 aliphatic rings. The van der Waals surface area contributed by atoms with Gasteiger partial charge >= 0.3 is 5.97 Å². The largest absolute Gasteiger partial charge is 0.464 e. The first kappa shape index (κ1) is 16.7. The molecule has 0 radical (unpaired) electrons. The maximum Gasteiger partial charge on any atom is 0.328 e. The van der Waals surface area contributed by atoms with Crippen molar-refractivity contribution in [3.05, 3.63) is 29.6 Å². The number of nitrogens with zero attached hydrogens (tertiary/aromatic N) is 1. The van der Waals surface area contributed by atoms with Crippen LogP contribution < -0.4 is 5.32 Å². The van der Waals surface area contributed by atoms with E-state index in [0.717, 1.165) is 0 Å². The average molecular weight is 290 g/mol. The Bertz CT molecular complexity index is 560. The standard InChI is InChI=1S/C15H18N2O4/c1-3-21-15(20)11(2)17-14(19)13-7-8-16-10-12(13)6-4-5-9-18/h7-8,10-11,18H,3,5,9H2,1-2H3,(H,17,19). The Morgan fingerprint density at radius 1 is 1.52 bits per heavy atom. The van der Waals surface area contributed by atoms with Crippen LogP contribution in [0.2, 0.25) is 0 Å². The van der Waals surface area contributed by atoms with Crippen LogP contribution in [0.1, 0.15) is 36.2 Å². The summed E-state index contributed by atoms with van der Waals surface area (Å²) >= 11 is 0. The maximum atomic E-state index is 12.2. The molecule has 1 aromatic heterocycles. The van der Waals surface area contributed by atoms with Gasteiger partial charge in [0.15, 0.2) is 0 Å². The highest BCUT2D eigenvalue weighted by Gasteiger charge is 2.18. The number of ether oxygens (including phenoxy) is 1. The highest BCUT2D eigenvalue weighted by Crippen LogP contribution is 2.06. The van der Waals surface area contributed by atoms with Crippen molar-refractivity contribution in [1.82, 2.24) is 10.3 Å². The van der Waals surface area contributed by atoms with Crippen LogP contribution in [0.5, 0.6) is 0 Å². The van der Waals surface area contributed by atoms with Crippen molar-refractivity contribution >= 4 is 11.9 Å². The third kappa shape index (κ3) is 5.24. The molecule has 1 rings (SSSR count). The van der Waals surface area contributed by atoms with Crippen molar-refractivity contribution in [2.24, 2.45) is 0 Å². The van der Waals surface area contributed by atoms with Gasteiger partial charge in [-0.3, -0.25) is 9.78 Å². The highest BCUT2D eigenvalue weighted by atomic mass is 16.5. The van der Waals surface area contributed by atoms with Gasteiger partial charge in [0, 0.05) is 18.8 Å². The Kier molecular flexibility index (Phi) is 6.92. The minimum atomic E-state index is -0.746. The van der Waals surface area contributed by atoms with Gasteiger partial charge in [-0.15, -0.1) is 0 Å². The Hall–Kier alpha value is -2.39. The van der Waals surface area contributed by atoms with Gasteiger partial charge in [0.25, 0.3) is 5.91 Å². The van der Waals surface area contributed by atoms with Gasteiger partial charge in [-0.2, -0.15) is 0 Å².